The van der Waals surface area contributed by atoms with Crippen LogP contribution < -0.4 is 0 Å². The fourth-order valence-corrected chi connectivity index (χ4v) is 2.53. The first-order valence-corrected chi connectivity index (χ1v) is 6.32. The smallest absolute Gasteiger partial charge is 0.354 e. The lowest BCUT2D eigenvalue weighted by Crippen LogP contribution is -2.00. The summed E-state index contributed by atoms with van der Waals surface area (Å²) in [7, 11) is 0. The summed E-state index contributed by atoms with van der Waals surface area (Å²) < 4.78 is 2.20. The van der Waals surface area contributed by atoms with Crippen molar-refractivity contribution >= 4 is 27.8 Å². The lowest BCUT2D eigenvalue weighted by Gasteiger charge is -2.04. The molecule has 4 heteroatoms. The van der Waals surface area contributed by atoms with Crippen molar-refractivity contribution in [2.45, 2.75) is 19.9 Å². The topological polar surface area (TPSA) is 55.1 Å². The third-order valence-corrected chi connectivity index (χ3v) is 3.33. The number of nitrogens with zero attached hydrogens (tertiary/aromatic N) is 2. The van der Waals surface area contributed by atoms with Crippen molar-refractivity contribution in [3.05, 3.63) is 42.2 Å². The van der Waals surface area contributed by atoms with E-state index in [2.05, 4.69) is 22.5 Å². The van der Waals surface area contributed by atoms with E-state index in [4.69, 9.17) is 5.11 Å². The van der Waals surface area contributed by atoms with Crippen LogP contribution in [0.4, 0.5) is 0 Å². The van der Waals surface area contributed by atoms with Gasteiger partial charge in [-0.25, -0.2) is 9.78 Å². The molecule has 0 atom stereocenters. The van der Waals surface area contributed by atoms with Gasteiger partial charge in [-0.2, -0.15) is 0 Å². The number of carbonyl (C=O) groups is 1. The molecule has 4 nitrogen and oxygen atoms in total. The van der Waals surface area contributed by atoms with Gasteiger partial charge < -0.3 is 9.67 Å². The average Bonchev–Trinajstić information content (AvgIpc) is 2.74. The fraction of sp³-hybridized carbons (Fsp3) is 0.200. The van der Waals surface area contributed by atoms with Crippen molar-refractivity contribution in [2.24, 2.45) is 0 Å². The van der Waals surface area contributed by atoms with E-state index in [1.165, 1.54) is 0 Å². The first-order valence-electron chi connectivity index (χ1n) is 6.32. The fourth-order valence-electron chi connectivity index (χ4n) is 2.53. The highest BCUT2D eigenvalue weighted by molar-refractivity contribution is 6.09. The zero-order valence-electron chi connectivity index (χ0n) is 10.6. The number of aryl methyl sites for hydroxylation is 1. The minimum atomic E-state index is -0.991. The molecular weight excluding hydrogens is 240 g/mol. The number of carboxylic acid groups (broad SMARTS) is 1. The molecule has 2 heterocycles. The van der Waals surface area contributed by atoms with E-state index in [-0.39, 0.29) is 5.69 Å². The maximum absolute atomic E-state index is 11.0. The normalized spacial score (nSPS) is 11.2. The summed E-state index contributed by atoms with van der Waals surface area (Å²) in [5.74, 6) is -0.991. The summed E-state index contributed by atoms with van der Waals surface area (Å²) in [6, 6.07) is 9.71. The number of para-hydroxylation sites is 1. The summed E-state index contributed by atoms with van der Waals surface area (Å²) in [6.45, 7) is 3.03. The van der Waals surface area contributed by atoms with E-state index in [9.17, 15) is 4.79 Å². The second-order valence-corrected chi connectivity index (χ2v) is 4.56. The van der Waals surface area contributed by atoms with Crippen molar-refractivity contribution in [3.63, 3.8) is 0 Å². The minimum absolute atomic E-state index is 0.0897. The maximum Gasteiger partial charge on any atom is 0.354 e. The molecule has 3 rings (SSSR count). The third kappa shape index (κ3) is 1.76. The molecule has 1 aromatic carbocycles. The van der Waals surface area contributed by atoms with Gasteiger partial charge in [-0.1, -0.05) is 25.1 Å². The molecule has 0 aliphatic carbocycles. The Morgan fingerprint density at radius 2 is 2.05 bits per heavy atom. The Balaban J connectivity index is 2.41. The molecule has 0 radical (unpaired) electrons. The molecule has 0 fully saturated rings. The van der Waals surface area contributed by atoms with Crippen LogP contribution in [-0.2, 0) is 6.54 Å². The molecule has 0 spiro atoms. The zero-order chi connectivity index (χ0) is 13.4. The highest BCUT2D eigenvalue weighted by Gasteiger charge is 2.13. The van der Waals surface area contributed by atoms with E-state index < -0.39 is 5.97 Å². The van der Waals surface area contributed by atoms with Crippen molar-refractivity contribution in [1.29, 1.82) is 0 Å². The largest absolute Gasteiger partial charge is 0.477 e. The number of aromatic nitrogens is 2. The van der Waals surface area contributed by atoms with Crippen LogP contribution in [0.2, 0.25) is 0 Å². The van der Waals surface area contributed by atoms with Crippen LogP contribution in [0.5, 0.6) is 0 Å². The van der Waals surface area contributed by atoms with Gasteiger partial charge in [0, 0.05) is 22.8 Å². The number of hydrogen-bond donors (Lipinski definition) is 1. The molecule has 0 bridgehead atoms. The lowest BCUT2D eigenvalue weighted by molar-refractivity contribution is 0.0690. The minimum Gasteiger partial charge on any atom is -0.477 e. The number of pyridine rings is 1. The van der Waals surface area contributed by atoms with Gasteiger partial charge in [0.05, 0.1) is 11.7 Å². The third-order valence-electron chi connectivity index (χ3n) is 3.33. The first-order chi connectivity index (χ1) is 9.22. The Morgan fingerprint density at radius 1 is 1.26 bits per heavy atom. The second kappa shape index (κ2) is 4.39. The van der Waals surface area contributed by atoms with Crippen molar-refractivity contribution in [1.82, 2.24) is 9.55 Å². The molecule has 19 heavy (non-hydrogen) atoms. The highest BCUT2D eigenvalue weighted by atomic mass is 16.4. The van der Waals surface area contributed by atoms with Crippen LogP contribution in [0.1, 0.15) is 23.8 Å². The molecule has 0 saturated carbocycles. The Labute approximate surface area is 110 Å². The van der Waals surface area contributed by atoms with Gasteiger partial charge >= 0.3 is 5.97 Å². The molecule has 3 aromatic rings. The van der Waals surface area contributed by atoms with E-state index in [1.807, 2.05) is 18.2 Å². The molecule has 96 valence electrons. The molecule has 0 unspecified atom stereocenters. The van der Waals surface area contributed by atoms with E-state index in [0.717, 1.165) is 34.8 Å². The second-order valence-electron chi connectivity index (χ2n) is 4.56. The molecule has 0 aliphatic heterocycles. The number of fused-ring (bicyclic) bond motifs is 3. The van der Waals surface area contributed by atoms with Crippen LogP contribution in [0.25, 0.3) is 21.8 Å². The Kier molecular flexibility index (Phi) is 2.71. The van der Waals surface area contributed by atoms with Gasteiger partial charge in [-0.3, -0.25) is 0 Å². The molecule has 0 amide bonds. The van der Waals surface area contributed by atoms with Gasteiger partial charge in [-0.15, -0.1) is 0 Å². The van der Waals surface area contributed by atoms with E-state index in [1.54, 1.807) is 12.3 Å². The Hall–Kier alpha value is -2.36. The van der Waals surface area contributed by atoms with E-state index >= 15 is 0 Å². The summed E-state index contributed by atoms with van der Waals surface area (Å²) in [4.78, 5) is 15.1. The quantitative estimate of drug-likeness (QED) is 0.780. The SMILES string of the molecule is CCCn1c2ccccc2c2cc(C(=O)O)ncc21. The van der Waals surface area contributed by atoms with Crippen LogP contribution in [0, 0.1) is 0 Å². The molecular formula is C15H14N2O2. The molecule has 0 saturated heterocycles. The van der Waals surface area contributed by atoms with E-state index in [0.29, 0.717) is 0 Å². The monoisotopic (exact) mass is 254 g/mol. The molecule has 2 aromatic heterocycles. The summed E-state index contributed by atoms with van der Waals surface area (Å²) in [5, 5.41) is 11.1. The van der Waals surface area contributed by atoms with Crippen molar-refractivity contribution in [2.75, 3.05) is 0 Å². The van der Waals surface area contributed by atoms with Gasteiger partial charge in [0.1, 0.15) is 5.69 Å². The predicted octanol–water partition coefficient (Wildman–Crippen LogP) is 3.30. The molecule has 1 N–H and O–H groups in total. The van der Waals surface area contributed by atoms with Crippen LogP contribution >= 0.6 is 0 Å². The van der Waals surface area contributed by atoms with Crippen molar-refractivity contribution < 1.29 is 9.90 Å². The predicted molar refractivity (Wildman–Crippen MR) is 74.5 cm³/mol. The first kappa shape index (κ1) is 11.7. The highest BCUT2D eigenvalue weighted by Crippen LogP contribution is 2.29. The number of hydrogen-bond acceptors (Lipinski definition) is 2. The lowest BCUT2D eigenvalue weighted by atomic mass is 10.1. The Bertz CT molecular complexity index is 774. The van der Waals surface area contributed by atoms with Crippen molar-refractivity contribution in [3.8, 4) is 0 Å². The van der Waals surface area contributed by atoms with Crippen LogP contribution in [0.3, 0.4) is 0 Å². The Morgan fingerprint density at radius 3 is 2.79 bits per heavy atom. The maximum atomic E-state index is 11.0. The van der Waals surface area contributed by atoms with Crippen LogP contribution in [-0.4, -0.2) is 20.6 Å². The summed E-state index contributed by atoms with van der Waals surface area (Å²) >= 11 is 0. The summed E-state index contributed by atoms with van der Waals surface area (Å²) in [6.07, 6.45) is 2.68. The number of aromatic carboxylic acids is 1. The standard InChI is InChI=1S/C15H14N2O2/c1-2-7-17-13-6-4-3-5-10(13)11-8-12(15(18)19)16-9-14(11)17/h3-6,8-9H,2,7H2,1H3,(H,18,19). The summed E-state index contributed by atoms with van der Waals surface area (Å²) in [5.41, 5.74) is 2.21. The van der Waals surface area contributed by atoms with Gasteiger partial charge in [0.2, 0.25) is 0 Å². The number of carboxylic acids is 1. The zero-order valence-corrected chi connectivity index (χ0v) is 10.6. The van der Waals surface area contributed by atoms with Gasteiger partial charge in [0.25, 0.3) is 0 Å². The van der Waals surface area contributed by atoms with Gasteiger partial charge in [0.15, 0.2) is 0 Å². The van der Waals surface area contributed by atoms with Gasteiger partial charge in [-0.05, 0) is 18.6 Å². The molecule has 0 aliphatic rings. The van der Waals surface area contributed by atoms with Crippen LogP contribution in [0.15, 0.2) is 36.5 Å². The average molecular weight is 254 g/mol. The number of rotatable bonds is 3. The number of benzene rings is 1.